The van der Waals surface area contributed by atoms with E-state index in [1.165, 1.54) is 7.11 Å². The van der Waals surface area contributed by atoms with Crippen molar-refractivity contribution in [3.05, 3.63) is 120 Å². The topological polar surface area (TPSA) is 96.5 Å². The van der Waals surface area contributed by atoms with E-state index in [1.807, 2.05) is 12.1 Å². The zero-order valence-electron chi connectivity index (χ0n) is 18.9. The van der Waals surface area contributed by atoms with E-state index in [4.69, 9.17) is 4.74 Å². The van der Waals surface area contributed by atoms with Crippen molar-refractivity contribution in [3.8, 4) is 5.75 Å². The molecule has 0 saturated carbocycles. The normalized spacial score (nSPS) is 10.2. The van der Waals surface area contributed by atoms with Gasteiger partial charge in [-0.15, -0.1) is 0 Å². The first-order chi connectivity index (χ1) is 17.0. The summed E-state index contributed by atoms with van der Waals surface area (Å²) in [7, 11) is 1.54. The number of nitrogens with one attached hydrogen (secondary N) is 3. The molecular formula is C28H23N3O4. The van der Waals surface area contributed by atoms with Gasteiger partial charge in [-0.25, -0.2) is 0 Å². The van der Waals surface area contributed by atoms with E-state index in [0.717, 1.165) is 0 Å². The van der Waals surface area contributed by atoms with Gasteiger partial charge in [0.1, 0.15) is 5.75 Å². The Labute approximate surface area is 202 Å². The molecule has 3 N–H and O–H groups in total. The van der Waals surface area contributed by atoms with Gasteiger partial charge >= 0.3 is 0 Å². The Morgan fingerprint density at radius 2 is 0.943 bits per heavy atom. The van der Waals surface area contributed by atoms with E-state index in [2.05, 4.69) is 16.0 Å². The van der Waals surface area contributed by atoms with E-state index >= 15 is 0 Å². The molecule has 0 bridgehead atoms. The maximum Gasteiger partial charge on any atom is 0.255 e. The van der Waals surface area contributed by atoms with Crippen molar-refractivity contribution in [2.45, 2.75) is 0 Å². The minimum absolute atomic E-state index is 0.224. The summed E-state index contributed by atoms with van der Waals surface area (Å²) < 4.78 is 5.25. The Bertz CT molecular complexity index is 1340. The number of rotatable bonds is 7. The molecule has 0 aliphatic carbocycles. The Kier molecular flexibility index (Phi) is 7.18. The molecule has 0 aromatic heterocycles. The third-order valence-electron chi connectivity index (χ3n) is 5.20. The van der Waals surface area contributed by atoms with Crippen molar-refractivity contribution in [1.29, 1.82) is 0 Å². The molecule has 0 heterocycles. The average molecular weight is 466 g/mol. The third kappa shape index (κ3) is 5.91. The first-order valence-corrected chi connectivity index (χ1v) is 10.9. The highest BCUT2D eigenvalue weighted by Gasteiger charge is 2.11. The van der Waals surface area contributed by atoms with Gasteiger partial charge in [-0.1, -0.05) is 30.3 Å². The fourth-order valence-corrected chi connectivity index (χ4v) is 3.35. The van der Waals surface area contributed by atoms with Crippen LogP contribution >= 0.6 is 0 Å². The number of hydrogen-bond donors (Lipinski definition) is 3. The molecule has 7 heteroatoms. The standard InChI is InChI=1S/C28H23N3O4/c1-35-25-10-6-5-9-24(25)31-28(34)21-13-17-23(18-14-21)30-27(33)20-11-15-22(16-12-20)29-26(32)19-7-3-2-4-8-19/h2-18H,1H3,(H,29,32)(H,30,33)(H,31,34). The lowest BCUT2D eigenvalue weighted by atomic mass is 10.1. The molecule has 0 aliphatic heterocycles. The van der Waals surface area contributed by atoms with Gasteiger partial charge in [0.25, 0.3) is 17.7 Å². The molecule has 0 fully saturated rings. The second-order valence-electron chi connectivity index (χ2n) is 7.58. The molecular weight excluding hydrogens is 442 g/mol. The molecule has 4 rings (SSSR count). The van der Waals surface area contributed by atoms with Crippen LogP contribution in [0, 0.1) is 0 Å². The molecule has 35 heavy (non-hydrogen) atoms. The van der Waals surface area contributed by atoms with Crippen molar-refractivity contribution >= 4 is 34.8 Å². The summed E-state index contributed by atoms with van der Waals surface area (Å²) in [5.41, 5.74) is 3.12. The highest BCUT2D eigenvalue weighted by atomic mass is 16.5. The van der Waals surface area contributed by atoms with E-state index < -0.39 is 0 Å². The predicted molar refractivity (Wildman–Crippen MR) is 136 cm³/mol. The Hall–Kier alpha value is -4.91. The number of ether oxygens (including phenoxy) is 1. The number of para-hydroxylation sites is 2. The first-order valence-electron chi connectivity index (χ1n) is 10.9. The van der Waals surface area contributed by atoms with Gasteiger partial charge in [-0.05, 0) is 72.8 Å². The minimum atomic E-state index is -0.308. The summed E-state index contributed by atoms with van der Waals surface area (Å²) in [6, 6.07) is 29.2. The lowest BCUT2D eigenvalue weighted by molar-refractivity contribution is 0.101. The van der Waals surface area contributed by atoms with Crippen LogP contribution in [-0.2, 0) is 0 Å². The molecule has 0 saturated heterocycles. The third-order valence-corrected chi connectivity index (χ3v) is 5.20. The number of amides is 3. The summed E-state index contributed by atoms with van der Waals surface area (Å²) in [5, 5.41) is 8.41. The van der Waals surface area contributed by atoms with Gasteiger partial charge < -0.3 is 20.7 Å². The van der Waals surface area contributed by atoms with Crippen LogP contribution in [0.4, 0.5) is 17.1 Å². The summed E-state index contributed by atoms with van der Waals surface area (Å²) in [6.07, 6.45) is 0. The van der Waals surface area contributed by atoms with Gasteiger partial charge in [-0.2, -0.15) is 0 Å². The SMILES string of the molecule is COc1ccccc1NC(=O)c1ccc(NC(=O)c2ccc(NC(=O)c3ccccc3)cc2)cc1. The highest BCUT2D eigenvalue weighted by molar-refractivity contribution is 6.07. The Morgan fingerprint density at radius 1 is 0.514 bits per heavy atom. The maximum atomic E-state index is 12.6. The van der Waals surface area contributed by atoms with Crippen molar-refractivity contribution in [2.75, 3.05) is 23.1 Å². The number of hydrogen-bond acceptors (Lipinski definition) is 4. The smallest absolute Gasteiger partial charge is 0.255 e. The highest BCUT2D eigenvalue weighted by Crippen LogP contribution is 2.24. The molecule has 4 aromatic carbocycles. The predicted octanol–water partition coefficient (Wildman–Crippen LogP) is 5.45. The van der Waals surface area contributed by atoms with Crippen LogP contribution in [0.2, 0.25) is 0 Å². The first kappa shape index (κ1) is 23.3. The molecule has 7 nitrogen and oxygen atoms in total. The summed E-state index contributed by atoms with van der Waals surface area (Å²) in [6.45, 7) is 0. The van der Waals surface area contributed by atoms with Crippen LogP contribution in [0.1, 0.15) is 31.1 Å². The van der Waals surface area contributed by atoms with Gasteiger partial charge in [-0.3, -0.25) is 14.4 Å². The number of benzene rings is 4. The van der Waals surface area contributed by atoms with Crippen LogP contribution in [0.5, 0.6) is 5.75 Å². The maximum absolute atomic E-state index is 12.6. The average Bonchev–Trinajstić information content (AvgIpc) is 2.90. The monoisotopic (exact) mass is 465 g/mol. The van der Waals surface area contributed by atoms with Crippen molar-refractivity contribution in [3.63, 3.8) is 0 Å². The molecule has 0 aliphatic rings. The molecule has 0 radical (unpaired) electrons. The summed E-state index contributed by atoms with van der Waals surface area (Å²) >= 11 is 0. The van der Waals surface area contributed by atoms with E-state index in [-0.39, 0.29) is 17.7 Å². The molecule has 4 aromatic rings. The molecule has 0 unspecified atom stereocenters. The van der Waals surface area contributed by atoms with Crippen molar-refractivity contribution in [1.82, 2.24) is 0 Å². The van der Waals surface area contributed by atoms with E-state index in [0.29, 0.717) is 39.5 Å². The summed E-state index contributed by atoms with van der Waals surface area (Å²) in [5.74, 6) is -0.259. The van der Waals surface area contributed by atoms with Crippen molar-refractivity contribution < 1.29 is 19.1 Å². The quantitative estimate of drug-likeness (QED) is 0.338. The van der Waals surface area contributed by atoms with Gasteiger partial charge in [0.2, 0.25) is 0 Å². The Balaban J connectivity index is 1.35. The van der Waals surface area contributed by atoms with Gasteiger partial charge in [0, 0.05) is 28.1 Å². The lowest BCUT2D eigenvalue weighted by Crippen LogP contribution is -2.14. The largest absolute Gasteiger partial charge is 0.495 e. The van der Waals surface area contributed by atoms with E-state index in [9.17, 15) is 14.4 Å². The number of carbonyl (C=O) groups excluding carboxylic acids is 3. The minimum Gasteiger partial charge on any atom is -0.495 e. The number of methoxy groups -OCH3 is 1. The van der Waals surface area contributed by atoms with Crippen LogP contribution in [0.25, 0.3) is 0 Å². The zero-order valence-corrected chi connectivity index (χ0v) is 18.9. The van der Waals surface area contributed by atoms with Crippen LogP contribution in [0.3, 0.4) is 0 Å². The fourth-order valence-electron chi connectivity index (χ4n) is 3.35. The lowest BCUT2D eigenvalue weighted by Gasteiger charge is -2.10. The molecule has 174 valence electrons. The number of carbonyl (C=O) groups is 3. The van der Waals surface area contributed by atoms with Gasteiger partial charge in [0.15, 0.2) is 0 Å². The fraction of sp³-hybridized carbons (Fsp3) is 0.0357. The van der Waals surface area contributed by atoms with Crippen molar-refractivity contribution in [2.24, 2.45) is 0 Å². The second-order valence-corrected chi connectivity index (χ2v) is 7.58. The Morgan fingerprint density at radius 3 is 1.46 bits per heavy atom. The van der Waals surface area contributed by atoms with Crippen LogP contribution in [-0.4, -0.2) is 24.8 Å². The zero-order chi connectivity index (χ0) is 24.6. The van der Waals surface area contributed by atoms with Crippen LogP contribution in [0.15, 0.2) is 103 Å². The molecule has 0 spiro atoms. The molecule has 3 amide bonds. The van der Waals surface area contributed by atoms with Crippen LogP contribution < -0.4 is 20.7 Å². The van der Waals surface area contributed by atoms with Gasteiger partial charge in [0.05, 0.1) is 12.8 Å². The second kappa shape index (κ2) is 10.8. The van der Waals surface area contributed by atoms with E-state index in [1.54, 1.807) is 91.0 Å². The molecule has 0 atom stereocenters. The number of anilines is 3. The summed E-state index contributed by atoms with van der Waals surface area (Å²) in [4.78, 5) is 37.4.